The molecule has 0 aliphatic carbocycles. The Kier molecular flexibility index (Phi) is 4.49. The topological polar surface area (TPSA) is 86.2 Å². The number of morpholine rings is 1. The average molecular weight is 388 g/mol. The van der Waals surface area contributed by atoms with Gasteiger partial charge in [0.25, 0.3) is 0 Å². The van der Waals surface area contributed by atoms with E-state index < -0.39 is 0 Å². The van der Waals surface area contributed by atoms with E-state index in [4.69, 9.17) is 14.7 Å². The Bertz CT molecular complexity index is 1160. The van der Waals surface area contributed by atoms with Crippen LogP contribution in [0.5, 0.6) is 0 Å². The molecule has 29 heavy (non-hydrogen) atoms. The van der Waals surface area contributed by atoms with Crippen molar-refractivity contribution in [1.82, 2.24) is 29.2 Å². The van der Waals surface area contributed by atoms with Gasteiger partial charge >= 0.3 is 0 Å². The molecule has 1 saturated heterocycles. The van der Waals surface area contributed by atoms with Gasteiger partial charge in [-0.1, -0.05) is 29.8 Å². The minimum absolute atomic E-state index is 0.636. The van der Waals surface area contributed by atoms with Gasteiger partial charge in [-0.05, 0) is 12.5 Å². The summed E-state index contributed by atoms with van der Waals surface area (Å²) in [6.45, 7) is 4.87. The van der Waals surface area contributed by atoms with Gasteiger partial charge in [0.2, 0.25) is 5.95 Å². The first kappa shape index (κ1) is 17.5. The van der Waals surface area contributed by atoms with E-state index in [9.17, 15) is 0 Å². The summed E-state index contributed by atoms with van der Waals surface area (Å²) in [5, 5.41) is 4.59. The molecule has 0 atom stereocenters. The van der Waals surface area contributed by atoms with Crippen molar-refractivity contribution in [3.8, 4) is 5.82 Å². The van der Waals surface area contributed by atoms with Crippen LogP contribution in [0.3, 0.4) is 0 Å². The number of anilines is 1. The van der Waals surface area contributed by atoms with Crippen LogP contribution in [0.25, 0.3) is 17.0 Å². The predicted octanol–water partition coefficient (Wildman–Crippen LogP) is 2.04. The SMILES string of the molecule is Cc1cccc(C=Nn2cnc3c(-n4ccnc4)nc(N4CCOCC4)nc32)c1. The second kappa shape index (κ2) is 7.44. The second-order valence-corrected chi connectivity index (χ2v) is 6.84. The molecule has 3 aromatic heterocycles. The molecule has 9 nitrogen and oxygen atoms in total. The fourth-order valence-corrected chi connectivity index (χ4v) is 3.30. The molecular formula is C20H20N8O. The van der Waals surface area contributed by atoms with Gasteiger partial charge in [0.05, 0.1) is 19.4 Å². The van der Waals surface area contributed by atoms with Crippen molar-refractivity contribution >= 4 is 23.3 Å². The summed E-state index contributed by atoms with van der Waals surface area (Å²) in [5.74, 6) is 1.32. The Morgan fingerprint density at radius 3 is 2.83 bits per heavy atom. The number of nitrogens with zero attached hydrogens (tertiary/aromatic N) is 8. The minimum Gasteiger partial charge on any atom is -0.378 e. The number of hydrogen-bond acceptors (Lipinski definition) is 7. The van der Waals surface area contributed by atoms with Crippen LogP contribution < -0.4 is 4.90 Å². The maximum Gasteiger partial charge on any atom is 0.229 e. The van der Waals surface area contributed by atoms with E-state index in [2.05, 4.69) is 39.0 Å². The summed E-state index contributed by atoms with van der Waals surface area (Å²) < 4.78 is 8.99. The van der Waals surface area contributed by atoms with Crippen LogP contribution in [0.4, 0.5) is 5.95 Å². The van der Waals surface area contributed by atoms with Crippen molar-refractivity contribution in [3.63, 3.8) is 0 Å². The quantitative estimate of drug-likeness (QED) is 0.497. The zero-order valence-corrected chi connectivity index (χ0v) is 16.0. The number of fused-ring (bicyclic) bond motifs is 1. The molecule has 0 unspecified atom stereocenters. The summed E-state index contributed by atoms with van der Waals surface area (Å²) >= 11 is 0. The lowest BCUT2D eigenvalue weighted by atomic mass is 10.2. The Balaban J connectivity index is 1.61. The third-order valence-electron chi connectivity index (χ3n) is 4.76. The van der Waals surface area contributed by atoms with Crippen molar-refractivity contribution in [2.75, 3.05) is 31.2 Å². The molecule has 1 aliphatic heterocycles. The summed E-state index contributed by atoms with van der Waals surface area (Å²) in [6, 6.07) is 8.16. The molecule has 1 aromatic carbocycles. The number of rotatable bonds is 4. The van der Waals surface area contributed by atoms with E-state index in [0.29, 0.717) is 36.1 Å². The average Bonchev–Trinajstić information content (AvgIpc) is 3.42. The fourth-order valence-electron chi connectivity index (χ4n) is 3.30. The number of imidazole rings is 2. The highest BCUT2D eigenvalue weighted by atomic mass is 16.5. The third-order valence-corrected chi connectivity index (χ3v) is 4.76. The molecule has 4 heterocycles. The standard InChI is InChI=1S/C20H20N8O/c1-15-3-2-4-16(11-15)12-23-28-14-22-17-18(27-6-5-21-13-27)24-20(25-19(17)28)26-7-9-29-10-8-26/h2-6,11-14H,7-10H2,1H3. The molecule has 1 fully saturated rings. The fraction of sp³-hybridized carbons (Fsp3) is 0.250. The molecular weight excluding hydrogens is 368 g/mol. The second-order valence-electron chi connectivity index (χ2n) is 6.84. The van der Waals surface area contributed by atoms with Gasteiger partial charge in [0, 0.05) is 25.5 Å². The molecule has 0 radical (unpaired) electrons. The van der Waals surface area contributed by atoms with E-state index in [1.807, 2.05) is 29.1 Å². The van der Waals surface area contributed by atoms with Crippen LogP contribution in [0.1, 0.15) is 11.1 Å². The van der Waals surface area contributed by atoms with Crippen LogP contribution >= 0.6 is 0 Å². The van der Waals surface area contributed by atoms with Gasteiger partial charge in [-0.3, -0.25) is 4.57 Å². The molecule has 146 valence electrons. The molecule has 0 saturated carbocycles. The van der Waals surface area contributed by atoms with Crippen LogP contribution in [0.15, 0.2) is 54.4 Å². The van der Waals surface area contributed by atoms with Crippen LogP contribution in [0, 0.1) is 6.92 Å². The third kappa shape index (κ3) is 3.47. The van der Waals surface area contributed by atoms with E-state index in [1.165, 1.54) is 5.56 Å². The molecule has 9 heteroatoms. The van der Waals surface area contributed by atoms with Crippen molar-refractivity contribution in [3.05, 3.63) is 60.4 Å². The lowest BCUT2D eigenvalue weighted by Gasteiger charge is -2.27. The summed E-state index contributed by atoms with van der Waals surface area (Å²) in [5.41, 5.74) is 3.52. The molecule has 0 N–H and O–H groups in total. The number of aromatic nitrogens is 6. The van der Waals surface area contributed by atoms with E-state index in [-0.39, 0.29) is 0 Å². The van der Waals surface area contributed by atoms with Crippen LogP contribution in [-0.2, 0) is 4.74 Å². The molecule has 0 amide bonds. The highest BCUT2D eigenvalue weighted by Crippen LogP contribution is 2.22. The van der Waals surface area contributed by atoms with Gasteiger partial charge in [-0.15, -0.1) is 0 Å². The Morgan fingerprint density at radius 1 is 1.14 bits per heavy atom. The normalized spacial score (nSPS) is 14.9. The molecule has 1 aliphatic rings. The largest absolute Gasteiger partial charge is 0.378 e. The summed E-state index contributed by atoms with van der Waals surface area (Å²) in [7, 11) is 0. The van der Waals surface area contributed by atoms with Gasteiger partial charge in [-0.25, -0.2) is 14.6 Å². The van der Waals surface area contributed by atoms with Gasteiger partial charge in [0.15, 0.2) is 17.0 Å². The summed E-state index contributed by atoms with van der Waals surface area (Å²) in [4.78, 5) is 20.3. The lowest BCUT2D eigenvalue weighted by Crippen LogP contribution is -2.37. The monoisotopic (exact) mass is 388 g/mol. The lowest BCUT2D eigenvalue weighted by molar-refractivity contribution is 0.122. The van der Waals surface area contributed by atoms with Gasteiger partial charge < -0.3 is 9.64 Å². The number of ether oxygens (including phenoxy) is 1. The van der Waals surface area contributed by atoms with Crippen molar-refractivity contribution in [2.45, 2.75) is 6.92 Å². The van der Waals surface area contributed by atoms with E-state index >= 15 is 0 Å². The Morgan fingerprint density at radius 2 is 2.03 bits per heavy atom. The van der Waals surface area contributed by atoms with E-state index in [0.717, 1.165) is 18.7 Å². The van der Waals surface area contributed by atoms with E-state index in [1.54, 1.807) is 23.5 Å². The Labute approximate surface area is 167 Å². The zero-order valence-electron chi connectivity index (χ0n) is 16.0. The summed E-state index contributed by atoms with van der Waals surface area (Å²) in [6.07, 6.45) is 8.74. The predicted molar refractivity (Wildman–Crippen MR) is 110 cm³/mol. The van der Waals surface area contributed by atoms with Crippen molar-refractivity contribution < 1.29 is 4.74 Å². The molecule has 0 bridgehead atoms. The maximum atomic E-state index is 5.46. The molecule has 0 spiro atoms. The van der Waals surface area contributed by atoms with Crippen molar-refractivity contribution in [2.24, 2.45) is 5.10 Å². The Hall–Kier alpha value is -3.59. The highest BCUT2D eigenvalue weighted by Gasteiger charge is 2.20. The van der Waals surface area contributed by atoms with Crippen molar-refractivity contribution in [1.29, 1.82) is 0 Å². The number of aryl methyl sites for hydroxylation is 1. The zero-order chi connectivity index (χ0) is 19.6. The first-order valence-electron chi connectivity index (χ1n) is 9.45. The first-order chi connectivity index (χ1) is 14.3. The van der Waals surface area contributed by atoms with Crippen LogP contribution in [0.2, 0.25) is 0 Å². The van der Waals surface area contributed by atoms with Crippen LogP contribution in [-0.4, -0.2) is 61.7 Å². The first-order valence-corrected chi connectivity index (χ1v) is 9.45. The number of benzene rings is 1. The smallest absolute Gasteiger partial charge is 0.229 e. The number of hydrogen-bond donors (Lipinski definition) is 0. The van der Waals surface area contributed by atoms with Gasteiger partial charge in [-0.2, -0.15) is 15.1 Å². The molecule has 4 aromatic rings. The maximum absolute atomic E-state index is 5.46. The molecule has 5 rings (SSSR count). The van der Waals surface area contributed by atoms with Gasteiger partial charge in [0.1, 0.15) is 12.7 Å². The highest BCUT2D eigenvalue weighted by molar-refractivity contribution is 5.83. The minimum atomic E-state index is 0.636.